The first-order chi connectivity index (χ1) is 11.0. The summed E-state index contributed by atoms with van der Waals surface area (Å²) >= 11 is 0. The molecule has 0 fully saturated rings. The highest BCUT2D eigenvalue weighted by Crippen LogP contribution is 2.22. The van der Waals surface area contributed by atoms with Crippen LogP contribution in [0, 0.1) is 0 Å². The standard InChI is InChI=1S/C19H24N2O2/c1-6-10-15(2)23-14-19(22)18(13-20-4)21(5)16(3)17-11-8-7-9-12-17/h7-13,15-16H,1,4,14H2,2-3,5H3/b18-13-/t15?,16-/m1/s1. The second-order valence-electron chi connectivity index (χ2n) is 5.20. The van der Waals surface area contributed by atoms with Gasteiger partial charge in [0.25, 0.3) is 0 Å². The highest BCUT2D eigenvalue weighted by Gasteiger charge is 2.20. The van der Waals surface area contributed by atoms with Gasteiger partial charge >= 0.3 is 0 Å². The van der Waals surface area contributed by atoms with Crippen molar-refractivity contribution in [3.63, 3.8) is 0 Å². The number of Topliss-reactive ketones (excluding diaryl/α,β-unsaturated/α-hetero) is 1. The van der Waals surface area contributed by atoms with Gasteiger partial charge in [-0.25, -0.2) is 0 Å². The van der Waals surface area contributed by atoms with E-state index in [-0.39, 0.29) is 24.5 Å². The summed E-state index contributed by atoms with van der Waals surface area (Å²) < 4.78 is 5.47. The molecule has 1 aromatic carbocycles. The Hall–Kier alpha value is -2.42. The number of ketones is 1. The van der Waals surface area contributed by atoms with Gasteiger partial charge in [0, 0.05) is 7.05 Å². The summed E-state index contributed by atoms with van der Waals surface area (Å²) in [6.07, 6.45) is 2.92. The molecule has 23 heavy (non-hydrogen) atoms. The fraction of sp³-hybridized carbons (Fsp3) is 0.316. The molecule has 1 rings (SSSR count). The Kier molecular flexibility index (Phi) is 7.75. The molecule has 0 radical (unpaired) electrons. The summed E-state index contributed by atoms with van der Waals surface area (Å²) in [5.74, 6) is -0.146. The van der Waals surface area contributed by atoms with E-state index in [0.29, 0.717) is 5.70 Å². The van der Waals surface area contributed by atoms with Crippen molar-refractivity contribution in [1.29, 1.82) is 0 Å². The molecule has 0 aromatic heterocycles. The number of nitrogens with zero attached hydrogens (tertiary/aromatic N) is 2. The smallest absolute Gasteiger partial charge is 0.206 e. The lowest BCUT2D eigenvalue weighted by atomic mass is 10.1. The van der Waals surface area contributed by atoms with Gasteiger partial charge in [0.2, 0.25) is 5.78 Å². The maximum absolute atomic E-state index is 12.4. The van der Waals surface area contributed by atoms with Crippen molar-refractivity contribution in [1.82, 2.24) is 4.90 Å². The van der Waals surface area contributed by atoms with Crippen molar-refractivity contribution in [3.8, 4) is 0 Å². The van der Waals surface area contributed by atoms with Crippen molar-refractivity contribution in [2.45, 2.75) is 26.0 Å². The van der Waals surface area contributed by atoms with E-state index in [0.717, 1.165) is 5.56 Å². The fourth-order valence-electron chi connectivity index (χ4n) is 2.11. The van der Waals surface area contributed by atoms with Crippen LogP contribution in [0.5, 0.6) is 0 Å². The van der Waals surface area contributed by atoms with Gasteiger partial charge in [-0.05, 0) is 32.2 Å². The number of carbonyl (C=O) groups is 1. The van der Waals surface area contributed by atoms with Gasteiger partial charge in [0.1, 0.15) is 12.3 Å². The van der Waals surface area contributed by atoms with Gasteiger partial charge in [-0.3, -0.25) is 9.79 Å². The predicted octanol–water partition coefficient (Wildman–Crippen LogP) is 3.54. The summed E-state index contributed by atoms with van der Waals surface area (Å²) in [5.41, 5.74) is 4.22. The summed E-state index contributed by atoms with van der Waals surface area (Å²) in [5, 5.41) is 0. The van der Waals surface area contributed by atoms with Crippen molar-refractivity contribution in [3.05, 3.63) is 66.2 Å². The average Bonchev–Trinajstić information content (AvgIpc) is 2.57. The molecule has 122 valence electrons. The van der Waals surface area contributed by atoms with E-state index in [1.807, 2.05) is 56.1 Å². The lowest BCUT2D eigenvalue weighted by Gasteiger charge is -2.28. The van der Waals surface area contributed by atoms with Crippen LogP contribution in [0.2, 0.25) is 0 Å². The normalized spacial score (nSPS) is 13.6. The maximum Gasteiger partial charge on any atom is 0.206 e. The van der Waals surface area contributed by atoms with Gasteiger partial charge in [0.05, 0.1) is 18.3 Å². The van der Waals surface area contributed by atoms with E-state index in [9.17, 15) is 4.79 Å². The zero-order chi connectivity index (χ0) is 17.2. The third-order valence-corrected chi connectivity index (χ3v) is 3.57. The maximum atomic E-state index is 12.4. The van der Waals surface area contributed by atoms with Crippen LogP contribution in [-0.2, 0) is 9.53 Å². The van der Waals surface area contributed by atoms with Crippen LogP contribution < -0.4 is 0 Å². The molecular formula is C19H24N2O2. The predicted molar refractivity (Wildman–Crippen MR) is 94.4 cm³/mol. The van der Waals surface area contributed by atoms with Gasteiger partial charge in [-0.2, -0.15) is 0 Å². The van der Waals surface area contributed by atoms with E-state index >= 15 is 0 Å². The Morgan fingerprint density at radius 3 is 2.61 bits per heavy atom. The molecule has 0 aliphatic carbocycles. The quantitative estimate of drug-likeness (QED) is 0.398. The van der Waals surface area contributed by atoms with Crippen LogP contribution >= 0.6 is 0 Å². The van der Waals surface area contributed by atoms with Crippen LogP contribution in [0.4, 0.5) is 0 Å². The average molecular weight is 312 g/mol. The molecular weight excluding hydrogens is 288 g/mol. The van der Waals surface area contributed by atoms with Gasteiger partial charge < -0.3 is 9.64 Å². The zero-order valence-electron chi connectivity index (χ0n) is 14.0. The van der Waals surface area contributed by atoms with Crippen LogP contribution in [0.1, 0.15) is 25.5 Å². The second-order valence-corrected chi connectivity index (χ2v) is 5.20. The summed E-state index contributed by atoms with van der Waals surface area (Å²) in [6.45, 7) is 10.8. The summed E-state index contributed by atoms with van der Waals surface area (Å²) in [4.78, 5) is 18.1. The first-order valence-electron chi connectivity index (χ1n) is 7.45. The number of hydrogen-bond acceptors (Lipinski definition) is 4. The Labute approximate surface area is 138 Å². The second kappa shape index (κ2) is 9.57. The molecule has 0 saturated carbocycles. The van der Waals surface area contributed by atoms with Crippen LogP contribution in [0.25, 0.3) is 0 Å². The van der Waals surface area contributed by atoms with E-state index < -0.39 is 0 Å². The molecule has 2 atom stereocenters. The molecule has 0 aliphatic heterocycles. The molecule has 4 heteroatoms. The summed E-state index contributed by atoms with van der Waals surface area (Å²) in [6, 6.07) is 9.99. The fourth-order valence-corrected chi connectivity index (χ4v) is 2.11. The van der Waals surface area contributed by atoms with Gasteiger partial charge in [0.15, 0.2) is 0 Å². The molecule has 0 aliphatic rings. The highest BCUT2D eigenvalue weighted by atomic mass is 16.5. The Bertz CT molecular complexity index is 601. The molecule has 0 saturated heterocycles. The number of likely N-dealkylation sites (N-methyl/N-ethyl adjacent to an activating group) is 1. The number of carbonyl (C=O) groups excluding carboxylic acids is 1. The number of aliphatic imine (C=N–C) groups is 1. The molecule has 0 heterocycles. The zero-order valence-corrected chi connectivity index (χ0v) is 14.0. The largest absolute Gasteiger partial charge is 0.366 e. The third kappa shape index (κ3) is 5.70. The minimum absolute atomic E-state index is 0.0265. The van der Waals surface area contributed by atoms with Crippen LogP contribution in [0.3, 0.4) is 0 Å². The van der Waals surface area contributed by atoms with Gasteiger partial charge in [-0.15, -0.1) is 5.73 Å². The minimum Gasteiger partial charge on any atom is -0.366 e. The third-order valence-electron chi connectivity index (χ3n) is 3.57. The van der Waals surface area contributed by atoms with Crippen molar-refractivity contribution in [2.24, 2.45) is 4.99 Å². The van der Waals surface area contributed by atoms with E-state index in [1.165, 1.54) is 6.20 Å². The first kappa shape index (κ1) is 18.6. The van der Waals surface area contributed by atoms with Crippen molar-refractivity contribution >= 4 is 12.5 Å². The lowest BCUT2D eigenvalue weighted by molar-refractivity contribution is -0.122. The molecule has 4 nitrogen and oxygen atoms in total. The first-order valence-corrected chi connectivity index (χ1v) is 7.45. The van der Waals surface area contributed by atoms with Crippen molar-refractivity contribution in [2.75, 3.05) is 13.7 Å². The monoisotopic (exact) mass is 312 g/mol. The van der Waals surface area contributed by atoms with E-state index in [2.05, 4.69) is 24.0 Å². The van der Waals surface area contributed by atoms with Crippen LogP contribution in [-0.4, -0.2) is 37.2 Å². The van der Waals surface area contributed by atoms with Crippen molar-refractivity contribution < 1.29 is 9.53 Å². The molecule has 0 amide bonds. The summed E-state index contributed by atoms with van der Waals surface area (Å²) in [7, 11) is 1.86. The number of ether oxygens (including phenoxy) is 1. The SMILES string of the molecule is C=C=CC(C)OCC(=O)/C(=C/N=C)N(C)[C@H](C)c1ccccc1. The molecule has 0 bridgehead atoms. The highest BCUT2D eigenvalue weighted by molar-refractivity contribution is 5.95. The molecule has 1 aromatic rings. The molecule has 0 N–H and O–H groups in total. The topological polar surface area (TPSA) is 41.9 Å². The van der Waals surface area contributed by atoms with Gasteiger partial charge in [-0.1, -0.05) is 36.9 Å². The van der Waals surface area contributed by atoms with Crippen LogP contribution in [0.15, 0.2) is 65.6 Å². The minimum atomic E-state index is -0.216. The molecule has 0 spiro atoms. The Morgan fingerprint density at radius 2 is 2.04 bits per heavy atom. The Morgan fingerprint density at radius 1 is 1.39 bits per heavy atom. The number of rotatable bonds is 9. The lowest BCUT2D eigenvalue weighted by Crippen LogP contribution is -2.29. The number of hydrogen-bond donors (Lipinski definition) is 0. The molecule has 1 unspecified atom stereocenters. The Balaban J connectivity index is 2.84. The number of benzene rings is 1. The van der Waals surface area contributed by atoms with E-state index in [4.69, 9.17) is 4.74 Å². The van der Waals surface area contributed by atoms with E-state index in [1.54, 1.807) is 6.08 Å².